The van der Waals surface area contributed by atoms with Crippen molar-refractivity contribution in [2.75, 3.05) is 25.0 Å². The number of halogens is 1. The molecule has 6 heteroatoms. The van der Waals surface area contributed by atoms with Crippen LogP contribution in [0, 0.1) is 0 Å². The van der Waals surface area contributed by atoms with Crippen molar-refractivity contribution < 1.29 is 14.4 Å². The highest BCUT2D eigenvalue weighted by Crippen LogP contribution is 2.20. The summed E-state index contributed by atoms with van der Waals surface area (Å²) in [5.74, 6) is 0.0338. The van der Waals surface area contributed by atoms with Crippen molar-refractivity contribution >= 4 is 38.9 Å². The fraction of sp³-hybridized carbons (Fsp3) is 0.389. The van der Waals surface area contributed by atoms with Crippen LogP contribution in [0.3, 0.4) is 0 Å². The lowest BCUT2D eigenvalue weighted by atomic mass is 10.2. The summed E-state index contributed by atoms with van der Waals surface area (Å²) in [4.78, 5) is 15.0. The van der Waals surface area contributed by atoms with Crippen LogP contribution < -0.4 is 10.2 Å². The van der Waals surface area contributed by atoms with E-state index in [1.165, 1.54) is 9.78 Å². The summed E-state index contributed by atoms with van der Waals surface area (Å²) in [6, 6.07) is 11.9. The lowest BCUT2D eigenvalue weighted by molar-refractivity contribution is -0.908. The Bertz CT molecular complexity index is 657. The van der Waals surface area contributed by atoms with Crippen LogP contribution in [0.2, 0.25) is 0 Å². The van der Waals surface area contributed by atoms with Crippen LogP contribution in [0.25, 0.3) is 0 Å². The van der Waals surface area contributed by atoms with E-state index >= 15 is 0 Å². The molecule has 1 unspecified atom stereocenters. The Morgan fingerprint density at radius 3 is 2.92 bits per heavy atom. The lowest BCUT2D eigenvalue weighted by Crippen LogP contribution is -3.12. The van der Waals surface area contributed by atoms with E-state index in [0.29, 0.717) is 6.54 Å². The summed E-state index contributed by atoms with van der Waals surface area (Å²) in [6.07, 6.45) is 2.50. The number of quaternary nitrogens is 1. The van der Waals surface area contributed by atoms with Crippen molar-refractivity contribution in [2.24, 2.45) is 0 Å². The van der Waals surface area contributed by atoms with Gasteiger partial charge in [-0.1, -0.05) is 18.2 Å². The number of carbonyl (C=O) groups excluding carboxylic acids is 1. The summed E-state index contributed by atoms with van der Waals surface area (Å²) in [7, 11) is 0. The minimum Gasteiger partial charge on any atom is -0.372 e. The lowest BCUT2D eigenvalue weighted by Gasteiger charge is -2.21. The largest absolute Gasteiger partial charge is 0.372 e. The molecule has 3 rings (SSSR count). The van der Waals surface area contributed by atoms with E-state index in [9.17, 15) is 4.79 Å². The maximum absolute atomic E-state index is 12.5. The summed E-state index contributed by atoms with van der Waals surface area (Å²) < 4.78 is 6.67. The summed E-state index contributed by atoms with van der Waals surface area (Å²) in [5, 5.41) is 5.08. The zero-order valence-corrected chi connectivity index (χ0v) is 15.9. The van der Waals surface area contributed by atoms with Gasteiger partial charge in [-0.15, -0.1) is 11.3 Å². The first kappa shape index (κ1) is 17.6. The number of rotatable bonds is 7. The predicted molar refractivity (Wildman–Crippen MR) is 100 cm³/mol. The summed E-state index contributed by atoms with van der Waals surface area (Å²) in [5.41, 5.74) is 0.815. The fourth-order valence-electron chi connectivity index (χ4n) is 2.98. The van der Waals surface area contributed by atoms with Gasteiger partial charge in [-0.05, 0) is 52.4 Å². The van der Waals surface area contributed by atoms with E-state index in [1.54, 1.807) is 11.3 Å². The molecule has 0 aliphatic carbocycles. The predicted octanol–water partition coefficient (Wildman–Crippen LogP) is 2.71. The highest BCUT2D eigenvalue weighted by molar-refractivity contribution is 9.10. The third-order valence-electron chi connectivity index (χ3n) is 4.10. The van der Waals surface area contributed by atoms with Gasteiger partial charge < -0.3 is 15.0 Å². The molecule has 1 aromatic heterocycles. The minimum absolute atomic E-state index is 0.0338. The molecule has 0 spiro atoms. The Kier molecular flexibility index (Phi) is 6.43. The SMILES string of the molecule is O=C(C[NH+](Cc1cccs1)C[C@@H]1CCCO1)Nc1ccccc1Br. The molecule has 4 nitrogen and oxygen atoms in total. The number of nitrogens with one attached hydrogen (secondary N) is 2. The molecule has 24 heavy (non-hydrogen) atoms. The number of thiophene rings is 1. The molecule has 1 aliphatic rings. The van der Waals surface area contributed by atoms with E-state index in [0.717, 1.165) is 42.7 Å². The van der Waals surface area contributed by atoms with Gasteiger partial charge in [-0.25, -0.2) is 0 Å². The van der Waals surface area contributed by atoms with Gasteiger partial charge in [0.1, 0.15) is 19.2 Å². The molecule has 2 atom stereocenters. The van der Waals surface area contributed by atoms with Gasteiger partial charge in [-0.2, -0.15) is 0 Å². The average Bonchev–Trinajstić information content (AvgIpc) is 3.23. The van der Waals surface area contributed by atoms with Crippen LogP contribution >= 0.6 is 27.3 Å². The maximum atomic E-state index is 12.5. The van der Waals surface area contributed by atoms with Crippen molar-refractivity contribution in [3.05, 3.63) is 51.1 Å². The summed E-state index contributed by atoms with van der Waals surface area (Å²) in [6.45, 7) is 3.03. The quantitative estimate of drug-likeness (QED) is 0.737. The van der Waals surface area contributed by atoms with Crippen LogP contribution in [-0.4, -0.2) is 31.7 Å². The van der Waals surface area contributed by atoms with E-state index < -0.39 is 0 Å². The molecule has 128 valence electrons. The molecular formula is C18H22BrN2O2S+. The molecule has 2 aromatic rings. The topological polar surface area (TPSA) is 42.8 Å². The number of benzene rings is 1. The Balaban J connectivity index is 1.61. The number of ether oxygens (including phenoxy) is 1. The number of carbonyl (C=O) groups is 1. The smallest absolute Gasteiger partial charge is 0.279 e. The van der Waals surface area contributed by atoms with Crippen molar-refractivity contribution in [2.45, 2.75) is 25.5 Å². The molecule has 0 saturated carbocycles. The number of amides is 1. The highest BCUT2D eigenvalue weighted by atomic mass is 79.9. The second-order valence-electron chi connectivity index (χ2n) is 6.05. The molecule has 1 saturated heterocycles. The van der Waals surface area contributed by atoms with Crippen LogP contribution in [0.1, 0.15) is 17.7 Å². The monoisotopic (exact) mass is 409 g/mol. The Hall–Kier alpha value is -1.21. The third kappa shape index (κ3) is 5.14. The van der Waals surface area contributed by atoms with Crippen molar-refractivity contribution in [3.8, 4) is 0 Å². The van der Waals surface area contributed by atoms with E-state index in [4.69, 9.17) is 4.74 Å². The van der Waals surface area contributed by atoms with Crippen LogP contribution in [0.5, 0.6) is 0 Å². The normalized spacial score (nSPS) is 18.5. The van der Waals surface area contributed by atoms with E-state index in [2.05, 4.69) is 38.8 Å². The average molecular weight is 410 g/mol. The standard InChI is InChI=1S/C18H21BrN2O2S/c19-16-7-1-2-8-17(16)20-18(22)13-21(11-14-5-3-9-23-14)12-15-6-4-10-24-15/h1-2,4,6-8,10,14H,3,5,9,11-13H2,(H,20,22)/p+1/t14-/m0/s1. The first-order valence-electron chi connectivity index (χ1n) is 8.22. The highest BCUT2D eigenvalue weighted by Gasteiger charge is 2.24. The second-order valence-corrected chi connectivity index (χ2v) is 7.94. The zero-order chi connectivity index (χ0) is 16.8. The van der Waals surface area contributed by atoms with E-state index in [1.807, 2.05) is 24.3 Å². The third-order valence-corrected chi connectivity index (χ3v) is 5.67. The first-order valence-corrected chi connectivity index (χ1v) is 9.90. The maximum Gasteiger partial charge on any atom is 0.279 e. The molecule has 2 heterocycles. The number of anilines is 1. The Morgan fingerprint density at radius 1 is 1.33 bits per heavy atom. The molecule has 1 aromatic carbocycles. The van der Waals surface area contributed by atoms with Crippen LogP contribution in [0.4, 0.5) is 5.69 Å². The van der Waals surface area contributed by atoms with Gasteiger partial charge in [0.25, 0.3) is 5.91 Å². The van der Waals surface area contributed by atoms with Gasteiger partial charge in [0, 0.05) is 11.1 Å². The number of hydrogen-bond donors (Lipinski definition) is 2. The minimum atomic E-state index is 0.0338. The van der Waals surface area contributed by atoms with Gasteiger partial charge in [-0.3, -0.25) is 4.79 Å². The van der Waals surface area contributed by atoms with Gasteiger partial charge >= 0.3 is 0 Å². The van der Waals surface area contributed by atoms with Crippen LogP contribution in [-0.2, 0) is 16.1 Å². The number of para-hydroxylation sites is 1. The Morgan fingerprint density at radius 2 is 2.21 bits per heavy atom. The fourth-order valence-corrected chi connectivity index (χ4v) is 4.14. The van der Waals surface area contributed by atoms with Crippen molar-refractivity contribution in [1.82, 2.24) is 0 Å². The first-order chi connectivity index (χ1) is 11.7. The zero-order valence-electron chi connectivity index (χ0n) is 13.5. The van der Waals surface area contributed by atoms with Gasteiger partial charge in [0.05, 0.1) is 10.6 Å². The summed E-state index contributed by atoms with van der Waals surface area (Å²) >= 11 is 5.21. The molecule has 1 aliphatic heterocycles. The van der Waals surface area contributed by atoms with Crippen molar-refractivity contribution in [1.29, 1.82) is 0 Å². The van der Waals surface area contributed by atoms with Gasteiger partial charge in [0.15, 0.2) is 6.54 Å². The molecule has 0 bridgehead atoms. The van der Waals surface area contributed by atoms with Crippen molar-refractivity contribution in [3.63, 3.8) is 0 Å². The van der Waals surface area contributed by atoms with E-state index in [-0.39, 0.29) is 12.0 Å². The molecule has 1 fully saturated rings. The number of hydrogen-bond acceptors (Lipinski definition) is 3. The Labute approximate surface area is 154 Å². The molecule has 2 N–H and O–H groups in total. The molecule has 0 radical (unpaired) electrons. The molecule has 1 amide bonds. The molecular weight excluding hydrogens is 388 g/mol. The van der Waals surface area contributed by atoms with Crippen LogP contribution in [0.15, 0.2) is 46.3 Å². The van der Waals surface area contributed by atoms with Gasteiger partial charge in [0.2, 0.25) is 0 Å². The second kappa shape index (κ2) is 8.76.